The first kappa shape index (κ1) is 19.7. The first-order chi connectivity index (χ1) is 12.3. The van der Waals surface area contributed by atoms with Crippen molar-refractivity contribution in [2.45, 2.75) is 31.4 Å². The third kappa shape index (κ3) is 5.17. The van der Waals surface area contributed by atoms with Gasteiger partial charge in [0.2, 0.25) is 10.0 Å². The average Bonchev–Trinajstić information content (AvgIpc) is 3.14. The molecule has 0 spiro atoms. The van der Waals surface area contributed by atoms with Gasteiger partial charge in [-0.2, -0.15) is 0 Å². The molecule has 2 aromatic rings. The van der Waals surface area contributed by atoms with Crippen molar-refractivity contribution in [1.82, 2.24) is 10.0 Å². The minimum Gasteiger partial charge on any atom is -0.468 e. The smallest absolute Gasteiger partial charge is 0.338 e. The van der Waals surface area contributed by atoms with E-state index in [4.69, 9.17) is 9.15 Å². The number of nitrogens with one attached hydrogen (secondary N) is 2. The van der Waals surface area contributed by atoms with Crippen LogP contribution in [0.25, 0.3) is 0 Å². The third-order valence-electron chi connectivity index (χ3n) is 3.42. The highest BCUT2D eigenvalue weighted by molar-refractivity contribution is 7.89. The van der Waals surface area contributed by atoms with Crippen LogP contribution in [0.4, 0.5) is 0 Å². The Bertz CT molecular complexity index is 844. The van der Waals surface area contributed by atoms with Crippen molar-refractivity contribution in [3.63, 3.8) is 0 Å². The molecule has 0 radical (unpaired) electrons. The summed E-state index contributed by atoms with van der Waals surface area (Å²) in [7, 11) is -3.75. The van der Waals surface area contributed by atoms with Gasteiger partial charge >= 0.3 is 5.97 Å². The molecule has 0 aliphatic rings. The fourth-order valence-electron chi connectivity index (χ4n) is 2.03. The van der Waals surface area contributed by atoms with Gasteiger partial charge in [0.25, 0.3) is 5.91 Å². The van der Waals surface area contributed by atoms with Gasteiger partial charge < -0.3 is 14.5 Å². The quantitative estimate of drug-likeness (QED) is 0.670. The second kappa shape index (κ2) is 8.63. The molecule has 0 saturated carbocycles. The highest BCUT2D eigenvalue weighted by Gasteiger charge is 2.19. The maximum atomic E-state index is 12.2. The molecule has 26 heavy (non-hydrogen) atoms. The fourth-order valence-corrected chi connectivity index (χ4v) is 3.03. The first-order valence-electron chi connectivity index (χ1n) is 7.94. The number of carbonyl (C=O) groups excluding carboxylic acids is 2. The molecular weight excluding hydrogens is 360 g/mol. The van der Waals surface area contributed by atoms with Crippen molar-refractivity contribution in [1.29, 1.82) is 0 Å². The van der Waals surface area contributed by atoms with Crippen molar-refractivity contribution in [3.05, 3.63) is 54.0 Å². The topological polar surface area (TPSA) is 115 Å². The molecule has 140 valence electrons. The number of ether oxygens (including phenoxy) is 1. The molecule has 2 rings (SSSR count). The van der Waals surface area contributed by atoms with Crippen LogP contribution in [-0.4, -0.2) is 32.9 Å². The summed E-state index contributed by atoms with van der Waals surface area (Å²) in [4.78, 5) is 23.6. The summed E-state index contributed by atoms with van der Waals surface area (Å²) < 4.78 is 37.0. The summed E-state index contributed by atoms with van der Waals surface area (Å²) in [6.07, 6.45) is 0.507. The summed E-state index contributed by atoms with van der Waals surface area (Å²) in [5, 5.41) is 2.55. The number of likely N-dealkylation sites (N-methyl/N-ethyl adjacent to an activating group) is 1. The Morgan fingerprint density at radius 3 is 2.46 bits per heavy atom. The molecule has 0 aliphatic heterocycles. The highest BCUT2D eigenvalue weighted by Crippen LogP contribution is 2.13. The summed E-state index contributed by atoms with van der Waals surface area (Å²) >= 11 is 0. The zero-order valence-electron chi connectivity index (χ0n) is 14.4. The molecule has 2 N–H and O–H groups in total. The number of hydrogen-bond acceptors (Lipinski definition) is 6. The second-order valence-electron chi connectivity index (χ2n) is 5.37. The van der Waals surface area contributed by atoms with E-state index >= 15 is 0 Å². The summed E-state index contributed by atoms with van der Waals surface area (Å²) in [5.41, 5.74) is 0.145. The SMILES string of the molecule is CCNC(=O)[C@@H](C)OC(=O)c1ccc(S(=O)(=O)NCc2ccco2)cc1. The normalized spacial score (nSPS) is 12.4. The van der Waals surface area contributed by atoms with E-state index in [0.29, 0.717) is 12.3 Å². The van der Waals surface area contributed by atoms with E-state index in [1.54, 1.807) is 19.1 Å². The molecule has 1 aromatic heterocycles. The Kier molecular flexibility index (Phi) is 6.53. The van der Waals surface area contributed by atoms with Gasteiger partial charge in [-0.25, -0.2) is 17.9 Å². The molecule has 1 amide bonds. The number of esters is 1. The van der Waals surface area contributed by atoms with Crippen LogP contribution in [0, 0.1) is 0 Å². The number of benzene rings is 1. The highest BCUT2D eigenvalue weighted by atomic mass is 32.2. The molecule has 1 aromatic carbocycles. The first-order valence-corrected chi connectivity index (χ1v) is 9.42. The van der Waals surface area contributed by atoms with Crippen LogP contribution >= 0.6 is 0 Å². The lowest BCUT2D eigenvalue weighted by atomic mass is 10.2. The number of furan rings is 1. The van der Waals surface area contributed by atoms with Crippen LogP contribution in [0.3, 0.4) is 0 Å². The fraction of sp³-hybridized carbons (Fsp3) is 0.294. The molecule has 1 heterocycles. The number of carbonyl (C=O) groups is 2. The van der Waals surface area contributed by atoms with Gasteiger partial charge in [-0.1, -0.05) is 0 Å². The van der Waals surface area contributed by atoms with Gasteiger partial charge in [-0.05, 0) is 50.2 Å². The zero-order valence-corrected chi connectivity index (χ0v) is 15.2. The number of rotatable bonds is 8. The Labute approximate surface area is 151 Å². The monoisotopic (exact) mass is 380 g/mol. The Balaban J connectivity index is 2.00. The van der Waals surface area contributed by atoms with E-state index in [1.807, 2.05) is 0 Å². The van der Waals surface area contributed by atoms with Gasteiger partial charge in [0.05, 0.1) is 23.3 Å². The number of sulfonamides is 1. The van der Waals surface area contributed by atoms with Crippen molar-refractivity contribution in [2.24, 2.45) is 0 Å². The largest absolute Gasteiger partial charge is 0.468 e. The second-order valence-corrected chi connectivity index (χ2v) is 7.14. The third-order valence-corrected chi connectivity index (χ3v) is 4.84. The maximum Gasteiger partial charge on any atom is 0.338 e. The van der Waals surface area contributed by atoms with Crippen LogP contribution in [0.1, 0.15) is 30.0 Å². The molecule has 0 fully saturated rings. The van der Waals surface area contributed by atoms with E-state index in [9.17, 15) is 18.0 Å². The molecular formula is C17H20N2O6S. The van der Waals surface area contributed by atoms with E-state index in [-0.39, 0.29) is 17.0 Å². The standard InChI is InChI=1S/C17H20N2O6S/c1-3-18-16(20)12(2)25-17(21)13-6-8-15(9-7-13)26(22,23)19-11-14-5-4-10-24-14/h4-10,12,19H,3,11H2,1-2H3,(H,18,20)/t12-/m1/s1. The summed E-state index contributed by atoms with van der Waals surface area (Å²) in [6.45, 7) is 3.66. The number of hydrogen-bond donors (Lipinski definition) is 2. The van der Waals surface area contributed by atoms with Crippen molar-refractivity contribution in [3.8, 4) is 0 Å². The lowest BCUT2D eigenvalue weighted by Crippen LogP contribution is -2.35. The lowest BCUT2D eigenvalue weighted by Gasteiger charge is -2.13. The lowest BCUT2D eigenvalue weighted by molar-refractivity contribution is -0.128. The van der Waals surface area contributed by atoms with Gasteiger partial charge in [-0.3, -0.25) is 4.79 Å². The minimum absolute atomic E-state index is 0.00243. The predicted octanol–water partition coefficient (Wildman–Crippen LogP) is 1.44. The van der Waals surface area contributed by atoms with Crippen LogP contribution in [0.5, 0.6) is 0 Å². The summed E-state index contributed by atoms with van der Waals surface area (Å²) in [6, 6.07) is 8.54. The minimum atomic E-state index is -3.75. The average molecular weight is 380 g/mol. The van der Waals surface area contributed by atoms with Gasteiger partial charge in [0.15, 0.2) is 6.10 Å². The van der Waals surface area contributed by atoms with E-state index in [1.165, 1.54) is 37.5 Å². The van der Waals surface area contributed by atoms with Crippen LogP contribution in [-0.2, 0) is 26.1 Å². The van der Waals surface area contributed by atoms with E-state index < -0.39 is 28.0 Å². The van der Waals surface area contributed by atoms with Crippen molar-refractivity contribution >= 4 is 21.9 Å². The van der Waals surface area contributed by atoms with E-state index in [0.717, 1.165) is 0 Å². The Hall–Kier alpha value is -2.65. The van der Waals surface area contributed by atoms with Crippen LogP contribution < -0.4 is 10.0 Å². The predicted molar refractivity (Wildman–Crippen MR) is 92.7 cm³/mol. The Morgan fingerprint density at radius 1 is 1.19 bits per heavy atom. The molecule has 8 nitrogen and oxygen atoms in total. The van der Waals surface area contributed by atoms with Crippen LogP contribution in [0.2, 0.25) is 0 Å². The molecule has 9 heteroatoms. The van der Waals surface area contributed by atoms with Crippen LogP contribution in [0.15, 0.2) is 52.0 Å². The maximum absolute atomic E-state index is 12.2. The molecule has 0 bridgehead atoms. The van der Waals surface area contributed by atoms with Gasteiger partial charge in [0.1, 0.15) is 5.76 Å². The number of amides is 1. The zero-order chi connectivity index (χ0) is 19.2. The van der Waals surface area contributed by atoms with Gasteiger partial charge in [-0.15, -0.1) is 0 Å². The van der Waals surface area contributed by atoms with Crippen molar-refractivity contribution < 1.29 is 27.2 Å². The molecule has 0 unspecified atom stereocenters. The summed E-state index contributed by atoms with van der Waals surface area (Å²) in [5.74, 6) is -0.633. The Morgan fingerprint density at radius 2 is 1.88 bits per heavy atom. The molecule has 1 atom stereocenters. The van der Waals surface area contributed by atoms with Gasteiger partial charge in [0, 0.05) is 6.54 Å². The van der Waals surface area contributed by atoms with Crippen molar-refractivity contribution in [2.75, 3.05) is 6.54 Å². The molecule has 0 saturated heterocycles. The van der Waals surface area contributed by atoms with E-state index in [2.05, 4.69) is 10.0 Å². The molecule has 0 aliphatic carbocycles.